The summed E-state index contributed by atoms with van der Waals surface area (Å²) in [6, 6.07) is 8.44. The largest absolute Gasteiger partial charge is 0.305 e. The lowest BCUT2D eigenvalue weighted by atomic mass is 9.92. The lowest BCUT2D eigenvalue weighted by Gasteiger charge is -2.21. The summed E-state index contributed by atoms with van der Waals surface area (Å²) >= 11 is 0. The number of hydrogen-bond acceptors (Lipinski definition) is 5. The number of benzene rings is 1. The Balaban J connectivity index is 1.74. The van der Waals surface area contributed by atoms with E-state index in [4.69, 9.17) is 0 Å². The van der Waals surface area contributed by atoms with Gasteiger partial charge in [0.1, 0.15) is 0 Å². The molecule has 1 aromatic carbocycles. The summed E-state index contributed by atoms with van der Waals surface area (Å²) in [6.45, 7) is 5.16. The first-order chi connectivity index (χ1) is 13.8. The fraction of sp³-hybridized carbons (Fsp3) is 0.409. The molecule has 2 aliphatic rings. The number of allylic oxidation sites excluding steroid dienone is 5. The molecule has 1 atom stereocenters. The van der Waals surface area contributed by atoms with Crippen molar-refractivity contribution in [3.8, 4) is 6.07 Å². The Morgan fingerprint density at radius 3 is 2.79 bits per heavy atom. The van der Waals surface area contributed by atoms with Gasteiger partial charge in [0.25, 0.3) is 0 Å². The van der Waals surface area contributed by atoms with Crippen molar-refractivity contribution in [1.29, 1.82) is 5.26 Å². The van der Waals surface area contributed by atoms with Crippen LogP contribution in [0.15, 0.2) is 54.3 Å². The van der Waals surface area contributed by atoms with Crippen LogP contribution in [0.2, 0.25) is 0 Å². The van der Waals surface area contributed by atoms with Crippen LogP contribution in [-0.4, -0.2) is 57.7 Å². The van der Waals surface area contributed by atoms with Gasteiger partial charge >= 0.3 is 0 Å². The minimum Gasteiger partial charge on any atom is -0.305 e. The predicted molar refractivity (Wildman–Crippen MR) is 116 cm³/mol. The van der Waals surface area contributed by atoms with E-state index in [1.54, 1.807) is 12.2 Å². The minimum atomic E-state index is -3.32. The van der Waals surface area contributed by atoms with E-state index in [1.165, 1.54) is 0 Å². The van der Waals surface area contributed by atoms with Gasteiger partial charge in [-0.1, -0.05) is 30.4 Å². The molecule has 1 saturated heterocycles. The van der Waals surface area contributed by atoms with Crippen LogP contribution in [0, 0.1) is 11.3 Å². The molecular weight excluding hydrogens is 384 g/mol. The summed E-state index contributed by atoms with van der Waals surface area (Å²) in [5, 5.41) is 9.71. The van der Waals surface area contributed by atoms with Gasteiger partial charge in [-0.3, -0.25) is 9.62 Å². The molecule has 1 unspecified atom stereocenters. The fourth-order valence-corrected chi connectivity index (χ4v) is 4.27. The quantitative estimate of drug-likeness (QED) is 0.803. The van der Waals surface area contributed by atoms with Crippen molar-refractivity contribution in [2.75, 3.05) is 39.5 Å². The predicted octanol–water partition coefficient (Wildman–Crippen LogP) is 2.34. The van der Waals surface area contributed by atoms with Gasteiger partial charge in [-0.2, -0.15) is 5.26 Å². The van der Waals surface area contributed by atoms with Gasteiger partial charge in [-0.05, 0) is 55.9 Å². The van der Waals surface area contributed by atoms with Crippen molar-refractivity contribution in [3.05, 3.63) is 71.0 Å². The molecule has 0 radical (unpaired) electrons. The van der Waals surface area contributed by atoms with Crippen molar-refractivity contribution in [2.24, 2.45) is 0 Å². The maximum Gasteiger partial charge on any atom is 0.229 e. The Labute approximate surface area is 173 Å². The van der Waals surface area contributed by atoms with Gasteiger partial charge in [0.05, 0.1) is 17.9 Å². The zero-order chi connectivity index (χ0) is 20.9. The molecule has 1 heterocycles. The van der Waals surface area contributed by atoms with Crippen LogP contribution in [0.25, 0.3) is 0 Å². The number of nitriles is 1. The van der Waals surface area contributed by atoms with E-state index in [-0.39, 0.29) is 5.92 Å². The lowest BCUT2D eigenvalue weighted by Crippen LogP contribution is -2.28. The second-order valence-electron chi connectivity index (χ2n) is 7.73. The molecule has 6 nitrogen and oxygen atoms in total. The zero-order valence-corrected chi connectivity index (χ0v) is 17.8. The summed E-state index contributed by atoms with van der Waals surface area (Å²) in [4.78, 5) is 4.80. The standard InChI is InChI=1S/C22H28N4O2S/c1-25-11-4-12-26(14-13-25)17-18-7-10-22(20(15-18)16-23)19-5-3-6-21(9-8-19)24-29(2,27)28/h3,5-10,15,19,24H,4,11-14,17H2,1-2H3. The molecular formula is C22H28N4O2S. The molecule has 29 heavy (non-hydrogen) atoms. The summed E-state index contributed by atoms with van der Waals surface area (Å²) in [5.74, 6) is -0.0827. The van der Waals surface area contributed by atoms with Gasteiger partial charge < -0.3 is 4.90 Å². The number of nitrogens with one attached hydrogen (secondary N) is 1. The molecule has 1 N–H and O–H groups in total. The van der Waals surface area contributed by atoms with E-state index in [0.717, 1.165) is 56.5 Å². The molecule has 1 fully saturated rings. The third-order valence-electron chi connectivity index (χ3n) is 5.20. The fourth-order valence-electron chi connectivity index (χ4n) is 3.70. The maximum absolute atomic E-state index is 11.4. The highest BCUT2D eigenvalue weighted by atomic mass is 32.2. The van der Waals surface area contributed by atoms with Crippen LogP contribution < -0.4 is 4.72 Å². The van der Waals surface area contributed by atoms with Gasteiger partial charge in [0.15, 0.2) is 0 Å². The van der Waals surface area contributed by atoms with Gasteiger partial charge in [-0.25, -0.2) is 8.42 Å². The highest BCUT2D eigenvalue weighted by Crippen LogP contribution is 2.26. The highest BCUT2D eigenvalue weighted by molar-refractivity contribution is 7.88. The maximum atomic E-state index is 11.4. The molecule has 1 aliphatic heterocycles. The summed E-state index contributed by atoms with van der Waals surface area (Å²) in [5.41, 5.74) is 3.24. The molecule has 1 aromatic rings. The topological polar surface area (TPSA) is 76.4 Å². The first kappa shape index (κ1) is 21.3. The van der Waals surface area contributed by atoms with E-state index in [1.807, 2.05) is 30.4 Å². The Morgan fingerprint density at radius 2 is 2.03 bits per heavy atom. The van der Waals surface area contributed by atoms with E-state index in [2.05, 4.69) is 33.7 Å². The van der Waals surface area contributed by atoms with E-state index in [9.17, 15) is 13.7 Å². The first-order valence-electron chi connectivity index (χ1n) is 9.82. The Hall–Kier alpha value is -2.40. The smallest absolute Gasteiger partial charge is 0.229 e. The average Bonchev–Trinajstić information content (AvgIpc) is 3.01. The number of rotatable bonds is 5. The second-order valence-corrected chi connectivity index (χ2v) is 9.48. The monoisotopic (exact) mass is 412 g/mol. The summed E-state index contributed by atoms with van der Waals surface area (Å²) < 4.78 is 25.4. The Morgan fingerprint density at radius 1 is 1.21 bits per heavy atom. The molecule has 3 rings (SSSR count). The van der Waals surface area contributed by atoms with Gasteiger partial charge in [0.2, 0.25) is 10.0 Å². The van der Waals surface area contributed by atoms with E-state index >= 15 is 0 Å². The van der Waals surface area contributed by atoms with Gasteiger partial charge in [-0.15, -0.1) is 0 Å². The molecule has 7 heteroatoms. The molecule has 0 saturated carbocycles. The number of hydrogen-bond donors (Lipinski definition) is 1. The number of sulfonamides is 1. The summed E-state index contributed by atoms with van der Waals surface area (Å²) in [7, 11) is -1.17. The Kier molecular flexibility index (Phi) is 6.91. The normalized spacial score (nSPS) is 21.1. The van der Waals surface area contributed by atoms with E-state index in [0.29, 0.717) is 11.3 Å². The third kappa shape index (κ3) is 6.29. The van der Waals surface area contributed by atoms with E-state index < -0.39 is 10.0 Å². The van der Waals surface area contributed by atoms with Crippen LogP contribution >= 0.6 is 0 Å². The summed E-state index contributed by atoms with van der Waals surface area (Å²) in [6.07, 6.45) is 11.4. The molecule has 0 amide bonds. The van der Waals surface area contributed by atoms with Crippen LogP contribution in [0.1, 0.15) is 29.0 Å². The first-order valence-corrected chi connectivity index (χ1v) is 11.7. The molecule has 1 aliphatic carbocycles. The SMILES string of the molecule is CN1CCCN(Cc2ccc(C3C=CC=C(NS(C)(=O)=O)C=C3)c(C#N)c2)CC1. The molecule has 0 bridgehead atoms. The van der Waals surface area contributed by atoms with Crippen molar-refractivity contribution in [3.63, 3.8) is 0 Å². The van der Waals surface area contributed by atoms with Crippen LogP contribution in [-0.2, 0) is 16.6 Å². The molecule has 0 aromatic heterocycles. The average molecular weight is 413 g/mol. The third-order valence-corrected chi connectivity index (χ3v) is 5.80. The molecule has 0 spiro atoms. The molecule has 154 valence electrons. The van der Waals surface area contributed by atoms with Crippen LogP contribution in [0.3, 0.4) is 0 Å². The Bertz CT molecular complexity index is 973. The highest BCUT2D eigenvalue weighted by Gasteiger charge is 2.16. The van der Waals surface area contributed by atoms with Crippen LogP contribution in [0.4, 0.5) is 0 Å². The van der Waals surface area contributed by atoms with Crippen molar-refractivity contribution in [2.45, 2.75) is 18.9 Å². The van der Waals surface area contributed by atoms with Crippen LogP contribution in [0.5, 0.6) is 0 Å². The lowest BCUT2D eigenvalue weighted by molar-refractivity contribution is 0.269. The zero-order valence-electron chi connectivity index (χ0n) is 17.0. The van der Waals surface area contributed by atoms with Gasteiger partial charge in [0, 0.05) is 31.2 Å². The second kappa shape index (κ2) is 9.40. The minimum absolute atomic E-state index is 0.0827. The van der Waals surface area contributed by atoms with Crippen molar-refractivity contribution < 1.29 is 8.42 Å². The number of nitrogens with zero attached hydrogens (tertiary/aromatic N) is 3. The number of likely N-dealkylation sites (N-methyl/N-ethyl adjacent to an activating group) is 1. The van der Waals surface area contributed by atoms with Crippen molar-refractivity contribution in [1.82, 2.24) is 14.5 Å². The van der Waals surface area contributed by atoms with Crippen molar-refractivity contribution >= 4 is 10.0 Å².